The van der Waals surface area contributed by atoms with Gasteiger partial charge in [0, 0.05) is 43.8 Å². The Morgan fingerprint density at radius 1 is 1.03 bits per heavy atom. The van der Waals surface area contributed by atoms with Crippen LogP contribution in [-0.2, 0) is 4.79 Å². The maximum atomic E-state index is 13.3. The van der Waals surface area contributed by atoms with Gasteiger partial charge in [-0.2, -0.15) is 0 Å². The van der Waals surface area contributed by atoms with Crippen LogP contribution in [0.5, 0.6) is 0 Å². The van der Waals surface area contributed by atoms with Crippen molar-refractivity contribution < 1.29 is 9.59 Å². The average Bonchev–Trinajstić information content (AvgIpc) is 3.67. The number of benzene rings is 1. The molecule has 3 N–H and O–H groups in total. The fourth-order valence-corrected chi connectivity index (χ4v) is 5.59. The van der Waals surface area contributed by atoms with Gasteiger partial charge in [0.2, 0.25) is 5.91 Å². The predicted molar refractivity (Wildman–Crippen MR) is 127 cm³/mol. The monoisotopic (exact) mass is 440 g/mol. The second-order valence-corrected chi connectivity index (χ2v) is 10.1. The van der Waals surface area contributed by atoms with E-state index < -0.39 is 6.04 Å². The Balaban J connectivity index is 1.49. The first-order valence-corrected chi connectivity index (χ1v) is 12.7. The molecule has 1 aromatic rings. The van der Waals surface area contributed by atoms with E-state index >= 15 is 0 Å². The van der Waals surface area contributed by atoms with E-state index in [2.05, 4.69) is 10.2 Å². The molecular formula is C26H40N4O2. The van der Waals surface area contributed by atoms with Crippen molar-refractivity contribution in [1.82, 2.24) is 15.1 Å². The number of piperidine rings is 1. The van der Waals surface area contributed by atoms with E-state index in [9.17, 15) is 9.59 Å². The van der Waals surface area contributed by atoms with Crippen LogP contribution in [0, 0.1) is 12.8 Å². The molecule has 1 saturated heterocycles. The summed E-state index contributed by atoms with van der Waals surface area (Å²) in [7, 11) is 0. The summed E-state index contributed by atoms with van der Waals surface area (Å²) >= 11 is 0. The van der Waals surface area contributed by atoms with Crippen molar-refractivity contribution in [3.05, 3.63) is 35.4 Å². The molecule has 1 heterocycles. The van der Waals surface area contributed by atoms with Crippen molar-refractivity contribution in [3.8, 4) is 0 Å². The van der Waals surface area contributed by atoms with E-state index in [0.717, 1.165) is 24.3 Å². The third kappa shape index (κ3) is 5.70. The Morgan fingerprint density at radius 2 is 1.75 bits per heavy atom. The Kier molecular flexibility index (Phi) is 7.84. The van der Waals surface area contributed by atoms with E-state index in [1.165, 1.54) is 51.5 Å². The first-order chi connectivity index (χ1) is 15.6. The molecule has 0 radical (unpaired) electrons. The minimum absolute atomic E-state index is 0.0402. The van der Waals surface area contributed by atoms with Gasteiger partial charge in [-0.15, -0.1) is 0 Å². The number of likely N-dealkylation sites (tertiary alicyclic amines) is 1. The van der Waals surface area contributed by atoms with Gasteiger partial charge in [0.15, 0.2) is 0 Å². The summed E-state index contributed by atoms with van der Waals surface area (Å²) in [4.78, 5) is 31.0. The summed E-state index contributed by atoms with van der Waals surface area (Å²) in [5.74, 6) is 0.691. The number of hydrogen-bond donors (Lipinski definition) is 2. The number of nitrogens with zero attached hydrogens (tertiary/aromatic N) is 2. The van der Waals surface area contributed by atoms with Crippen LogP contribution in [0.4, 0.5) is 0 Å². The lowest BCUT2D eigenvalue weighted by Gasteiger charge is -2.44. The first kappa shape index (κ1) is 23.2. The van der Waals surface area contributed by atoms with Crippen molar-refractivity contribution in [3.63, 3.8) is 0 Å². The highest BCUT2D eigenvalue weighted by Crippen LogP contribution is 2.36. The number of nitrogens with two attached hydrogens (primary N) is 1. The molecule has 0 aromatic heterocycles. The third-order valence-corrected chi connectivity index (χ3v) is 7.56. The molecule has 0 spiro atoms. The zero-order valence-corrected chi connectivity index (χ0v) is 19.6. The molecule has 3 aliphatic rings. The Labute approximate surface area is 192 Å². The molecule has 6 heteroatoms. The summed E-state index contributed by atoms with van der Waals surface area (Å²) in [5.41, 5.74) is 7.41. The molecular weight excluding hydrogens is 400 g/mol. The number of amides is 2. The normalized spacial score (nSPS) is 24.5. The fourth-order valence-electron chi connectivity index (χ4n) is 5.59. The maximum absolute atomic E-state index is 13.3. The second-order valence-electron chi connectivity index (χ2n) is 10.1. The molecule has 3 fully saturated rings. The lowest BCUT2D eigenvalue weighted by molar-refractivity contribution is -0.127. The van der Waals surface area contributed by atoms with Crippen molar-refractivity contribution in [1.29, 1.82) is 0 Å². The van der Waals surface area contributed by atoms with Crippen LogP contribution in [0.25, 0.3) is 0 Å². The van der Waals surface area contributed by atoms with Gasteiger partial charge in [0.1, 0.15) is 6.04 Å². The molecule has 32 heavy (non-hydrogen) atoms. The molecule has 4 rings (SSSR count). The lowest BCUT2D eigenvalue weighted by atomic mass is 9.87. The van der Waals surface area contributed by atoms with Gasteiger partial charge in [-0.3, -0.25) is 14.5 Å². The topological polar surface area (TPSA) is 78.7 Å². The molecule has 1 aliphatic heterocycles. The minimum Gasteiger partial charge on any atom is -0.353 e. The van der Waals surface area contributed by atoms with Gasteiger partial charge in [-0.25, -0.2) is 0 Å². The van der Waals surface area contributed by atoms with E-state index in [1.807, 2.05) is 31.2 Å². The molecule has 176 valence electrons. The molecule has 1 aromatic carbocycles. The summed E-state index contributed by atoms with van der Waals surface area (Å²) in [6.45, 7) is 4.66. The lowest BCUT2D eigenvalue weighted by Crippen LogP contribution is -2.58. The van der Waals surface area contributed by atoms with Crippen LogP contribution >= 0.6 is 0 Å². The van der Waals surface area contributed by atoms with E-state index in [4.69, 9.17) is 5.73 Å². The van der Waals surface area contributed by atoms with Crippen molar-refractivity contribution in [2.45, 2.75) is 82.8 Å². The number of carbonyl (C=O) groups is 2. The number of rotatable bonds is 8. The Morgan fingerprint density at radius 3 is 2.41 bits per heavy atom. The Hall–Kier alpha value is -1.92. The number of carbonyl (C=O) groups excluding carboxylic acids is 2. The number of hydrogen-bond acceptors (Lipinski definition) is 4. The molecule has 2 amide bonds. The Bertz CT molecular complexity index is 771. The van der Waals surface area contributed by atoms with Gasteiger partial charge >= 0.3 is 0 Å². The van der Waals surface area contributed by atoms with Crippen LogP contribution in [0.2, 0.25) is 0 Å². The zero-order valence-electron chi connectivity index (χ0n) is 19.6. The minimum atomic E-state index is -0.429. The standard InChI is InChI=1S/C26H40N4O2/c1-19-7-9-21(10-8-19)26(32)29-16-13-23(17-24(29)25(31)28-15-14-27)30(22-11-12-22)18-20-5-3-2-4-6-20/h7-10,20,22-24H,2-6,11-18,27H2,1H3,(H,28,31)/t23?,24-/m1/s1. The fraction of sp³-hybridized carbons (Fsp3) is 0.692. The molecule has 2 atom stereocenters. The third-order valence-electron chi connectivity index (χ3n) is 7.56. The highest BCUT2D eigenvalue weighted by atomic mass is 16.2. The van der Waals surface area contributed by atoms with Gasteiger partial charge in [-0.05, 0) is 63.5 Å². The van der Waals surface area contributed by atoms with Gasteiger partial charge in [0.05, 0.1) is 0 Å². The SMILES string of the molecule is Cc1ccc(C(=O)N2CCC(N(CC3CCCCC3)C3CC3)C[C@@H]2C(=O)NCCN)cc1. The maximum Gasteiger partial charge on any atom is 0.254 e. The summed E-state index contributed by atoms with van der Waals surface area (Å²) in [5, 5.41) is 2.96. The molecule has 1 unspecified atom stereocenters. The van der Waals surface area contributed by atoms with Crippen LogP contribution in [0.3, 0.4) is 0 Å². The van der Waals surface area contributed by atoms with Crippen molar-refractivity contribution >= 4 is 11.8 Å². The van der Waals surface area contributed by atoms with Gasteiger partial charge < -0.3 is 16.0 Å². The second kappa shape index (κ2) is 10.8. The van der Waals surface area contributed by atoms with Crippen molar-refractivity contribution in [2.24, 2.45) is 11.7 Å². The first-order valence-electron chi connectivity index (χ1n) is 12.7. The van der Waals surface area contributed by atoms with E-state index in [-0.39, 0.29) is 11.8 Å². The molecule has 0 bridgehead atoms. The molecule has 2 aliphatic carbocycles. The van der Waals surface area contributed by atoms with E-state index in [1.54, 1.807) is 4.90 Å². The summed E-state index contributed by atoms with van der Waals surface area (Å²) < 4.78 is 0. The summed E-state index contributed by atoms with van der Waals surface area (Å²) in [6, 6.07) is 8.29. The number of aryl methyl sites for hydroxylation is 1. The highest BCUT2D eigenvalue weighted by molar-refractivity contribution is 5.97. The van der Waals surface area contributed by atoms with Gasteiger partial charge in [-0.1, -0.05) is 37.0 Å². The predicted octanol–water partition coefficient (Wildman–Crippen LogP) is 3.09. The van der Waals surface area contributed by atoms with Crippen LogP contribution in [0.15, 0.2) is 24.3 Å². The average molecular weight is 441 g/mol. The smallest absolute Gasteiger partial charge is 0.254 e. The van der Waals surface area contributed by atoms with Crippen LogP contribution in [0.1, 0.15) is 73.7 Å². The van der Waals surface area contributed by atoms with E-state index in [0.29, 0.717) is 37.3 Å². The molecule has 2 saturated carbocycles. The quantitative estimate of drug-likeness (QED) is 0.651. The zero-order chi connectivity index (χ0) is 22.5. The van der Waals surface area contributed by atoms with Gasteiger partial charge in [0.25, 0.3) is 5.91 Å². The molecule has 6 nitrogen and oxygen atoms in total. The van der Waals surface area contributed by atoms with Crippen LogP contribution in [-0.4, -0.2) is 65.9 Å². The highest BCUT2D eigenvalue weighted by Gasteiger charge is 2.42. The van der Waals surface area contributed by atoms with Crippen LogP contribution < -0.4 is 11.1 Å². The largest absolute Gasteiger partial charge is 0.353 e. The number of nitrogens with one attached hydrogen (secondary N) is 1. The summed E-state index contributed by atoms with van der Waals surface area (Å²) in [6.07, 6.45) is 11.0. The van der Waals surface area contributed by atoms with Crippen molar-refractivity contribution in [2.75, 3.05) is 26.2 Å².